The zero-order valence-electron chi connectivity index (χ0n) is 13.2. The van der Waals surface area contributed by atoms with Crippen molar-refractivity contribution >= 4 is 0 Å². The molecular weight excluding hydrogens is 230 g/mol. The lowest BCUT2D eigenvalue weighted by atomic mass is 10.1. The molecule has 0 rings (SSSR count). The van der Waals surface area contributed by atoms with Gasteiger partial charge in [0.15, 0.2) is 0 Å². The summed E-state index contributed by atoms with van der Waals surface area (Å²) in [4.78, 5) is 0. The molecule has 0 unspecified atom stereocenters. The highest BCUT2D eigenvalue weighted by Gasteiger charge is 1.89. The summed E-state index contributed by atoms with van der Waals surface area (Å²) in [6, 6.07) is 0. The minimum atomic E-state index is 1.05. The maximum Gasteiger partial charge on any atom is 0.0130 e. The zero-order chi connectivity index (χ0) is 14.0. The molecule has 111 valence electrons. The van der Waals surface area contributed by atoms with Gasteiger partial charge in [0.2, 0.25) is 0 Å². The molecule has 0 saturated carbocycles. The number of unbranched alkanes of at least 4 members (excludes halogenated alkanes) is 8. The van der Waals surface area contributed by atoms with Gasteiger partial charge in [0.1, 0.15) is 0 Å². The Bertz CT molecular complexity index is 206. The van der Waals surface area contributed by atoms with E-state index in [4.69, 9.17) is 0 Å². The summed E-state index contributed by atoms with van der Waals surface area (Å²) >= 11 is 0. The van der Waals surface area contributed by atoms with E-state index < -0.39 is 0 Å². The van der Waals surface area contributed by atoms with Gasteiger partial charge in [0.25, 0.3) is 0 Å². The lowest BCUT2D eigenvalue weighted by molar-refractivity contribution is 0.596. The third-order valence-corrected chi connectivity index (χ3v) is 3.33. The topological polar surface area (TPSA) is 14.1 Å². The largest absolute Gasteiger partial charge is 0.245 e. The highest BCUT2D eigenvalue weighted by atomic mass is 14.8. The highest BCUT2D eigenvalue weighted by molar-refractivity contribution is 4.92. The van der Waals surface area contributed by atoms with Gasteiger partial charge in [-0.1, -0.05) is 63.3 Å². The summed E-state index contributed by atoms with van der Waals surface area (Å²) in [5.41, 5.74) is 0. The van der Waals surface area contributed by atoms with Gasteiger partial charge in [-0.15, -0.1) is 0 Å². The van der Waals surface area contributed by atoms with Crippen molar-refractivity contribution in [2.75, 3.05) is 13.6 Å². The van der Waals surface area contributed by atoms with Crippen LogP contribution in [0.25, 0.3) is 0 Å². The molecule has 0 aliphatic heterocycles. The summed E-state index contributed by atoms with van der Waals surface area (Å²) in [5, 5.41) is 4.12. The Kier molecular flexibility index (Phi) is 16.9. The van der Waals surface area contributed by atoms with Crippen molar-refractivity contribution in [1.82, 2.24) is 5.32 Å². The predicted octanol–water partition coefficient (Wildman–Crippen LogP) is 5.64. The molecule has 19 heavy (non-hydrogen) atoms. The molecule has 0 amide bonds. The third kappa shape index (κ3) is 17.4. The van der Waals surface area contributed by atoms with E-state index >= 15 is 0 Å². The average Bonchev–Trinajstić information content (AvgIpc) is 2.43. The Morgan fingerprint density at radius 2 is 1.26 bits per heavy atom. The van der Waals surface area contributed by atoms with Crippen molar-refractivity contribution in [1.29, 1.82) is 0 Å². The first-order valence-electron chi connectivity index (χ1n) is 8.27. The number of hydrogen-bond donors (Lipinski definition) is 0. The van der Waals surface area contributed by atoms with Crippen LogP contribution < -0.4 is 5.32 Å². The van der Waals surface area contributed by atoms with Gasteiger partial charge >= 0.3 is 0 Å². The molecule has 0 aromatic heterocycles. The average molecular weight is 264 g/mol. The molecule has 0 aliphatic rings. The molecule has 0 spiro atoms. The van der Waals surface area contributed by atoms with Gasteiger partial charge in [-0.3, -0.25) is 0 Å². The molecular formula is C18H34N. The summed E-state index contributed by atoms with van der Waals surface area (Å²) in [7, 11) is 1.91. The van der Waals surface area contributed by atoms with Crippen molar-refractivity contribution in [3.05, 3.63) is 24.3 Å². The molecule has 0 N–H and O–H groups in total. The highest BCUT2D eigenvalue weighted by Crippen LogP contribution is 2.06. The van der Waals surface area contributed by atoms with E-state index in [9.17, 15) is 0 Å². The smallest absolute Gasteiger partial charge is 0.0130 e. The van der Waals surface area contributed by atoms with E-state index in [0.717, 1.165) is 13.0 Å². The quantitative estimate of drug-likeness (QED) is 0.284. The monoisotopic (exact) mass is 264 g/mol. The van der Waals surface area contributed by atoms with E-state index in [2.05, 4.69) is 36.5 Å². The third-order valence-electron chi connectivity index (χ3n) is 3.33. The molecule has 0 heterocycles. The lowest BCUT2D eigenvalue weighted by Gasteiger charge is -1.98. The van der Waals surface area contributed by atoms with Crippen molar-refractivity contribution < 1.29 is 0 Å². The van der Waals surface area contributed by atoms with Crippen molar-refractivity contribution in [2.45, 2.75) is 77.6 Å². The minimum Gasteiger partial charge on any atom is -0.245 e. The fourth-order valence-electron chi connectivity index (χ4n) is 2.08. The molecule has 1 heteroatoms. The Morgan fingerprint density at radius 3 is 1.89 bits per heavy atom. The van der Waals surface area contributed by atoms with E-state index in [1.165, 1.54) is 64.2 Å². The van der Waals surface area contributed by atoms with Gasteiger partial charge < -0.3 is 0 Å². The molecule has 1 radical (unpaired) electrons. The Labute approximate surface area is 121 Å². The second-order valence-electron chi connectivity index (χ2n) is 5.27. The second-order valence-corrected chi connectivity index (χ2v) is 5.27. The molecule has 0 bridgehead atoms. The first-order valence-corrected chi connectivity index (χ1v) is 8.27. The number of nitrogens with zero attached hydrogens (tertiary/aromatic N) is 1. The van der Waals surface area contributed by atoms with Crippen LogP contribution in [0.3, 0.4) is 0 Å². The van der Waals surface area contributed by atoms with Crippen molar-refractivity contribution in [3.8, 4) is 0 Å². The van der Waals surface area contributed by atoms with E-state index in [1.54, 1.807) is 0 Å². The number of hydrogen-bond acceptors (Lipinski definition) is 0. The Hall–Kier alpha value is -0.560. The van der Waals surface area contributed by atoms with E-state index in [-0.39, 0.29) is 0 Å². The maximum atomic E-state index is 4.12. The molecule has 0 fully saturated rings. The summed E-state index contributed by atoms with van der Waals surface area (Å²) in [6.45, 7) is 3.30. The fourth-order valence-corrected chi connectivity index (χ4v) is 2.08. The first kappa shape index (κ1) is 18.4. The second kappa shape index (κ2) is 17.4. The predicted molar refractivity (Wildman–Crippen MR) is 87.7 cm³/mol. The van der Waals surface area contributed by atoms with Gasteiger partial charge in [-0.2, -0.15) is 0 Å². The van der Waals surface area contributed by atoms with E-state index in [1.807, 2.05) is 7.05 Å². The number of allylic oxidation sites excluding steroid dienone is 4. The minimum absolute atomic E-state index is 1.05. The van der Waals surface area contributed by atoms with E-state index in [0.29, 0.717) is 0 Å². The van der Waals surface area contributed by atoms with Crippen LogP contribution in [0.5, 0.6) is 0 Å². The van der Waals surface area contributed by atoms with Crippen LogP contribution in [-0.2, 0) is 0 Å². The van der Waals surface area contributed by atoms with Crippen LogP contribution in [0, 0.1) is 0 Å². The Balaban J connectivity index is 3.12. The zero-order valence-corrected chi connectivity index (χ0v) is 13.2. The lowest BCUT2D eigenvalue weighted by Crippen LogP contribution is -1.98. The summed E-state index contributed by atoms with van der Waals surface area (Å²) < 4.78 is 0. The van der Waals surface area contributed by atoms with Crippen LogP contribution >= 0.6 is 0 Å². The number of rotatable bonds is 14. The van der Waals surface area contributed by atoms with Gasteiger partial charge in [-0.05, 0) is 38.5 Å². The fraction of sp³-hybridized carbons (Fsp3) is 0.778. The molecule has 0 aromatic rings. The molecule has 0 saturated heterocycles. The summed E-state index contributed by atoms with van der Waals surface area (Å²) in [6.07, 6.45) is 23.7. The molecule has 0 aromatic carbocycles. The normalized spacial score (nSPS) is 11.9. The summed E-state index contributed by atoms with van der Waals surface area (Å²) in [5.74, 6) is 0. The molecule has 1 nitrogen and oxygen atoms in total. The van der Waals surface area contributed by atoms with Crippen LogP contribution in [0.1, 0.15) is 77.6 Å². The molecule has 0 atom stereocenters. The van der Waals surface area contributed by atoms with Crippen LogP contribution in [0.15, 0.2) is 24.3 Å². The first-order chi connectivity index (χ1) is 9.41. The van der Waals surface area contributed by atoms with Crippen molar-refractivity contribution in [3.63, 3.8) is 0 Å². The van der Waals surface area contributed by atoms with Crippen molar-refractivity contribution in [2.24, 2.45) is 0 Å². The van der Waals surface area contributed by atoms with Gasteiger partial charge in [0.05, 0.1) is 0 Å². The Morgan fingerprint density at radius 1 is 0.684 bits per heavy atom. The maximum absolute atomic E-state index is 4.12. The van der Waals surface area contributed by atoms with Gasteiger partial charge in [-0.25, -0.2) is 5.32 Å². The molecule has 0 aliphatic carbocycles. The van der Waals surface area contributed by atoms with Crippen LogP contribution in [-0.4, -0.2) is 13.6 Å². The van der Waals surface area contributed by atoms with Gasteiger partial charge in [0, 0.05) is 13.6 Å². The van der Waals surface area contributed by atoms with Crippen LogP contribution in [0.2, 0.25) is 0 Å². The standard InChI is InChI=1S/C18H34N/c1-3-4-5-6-7-8-9-10-11-12-13-14-15-16-17-18-19-2/h7-8,10-11H,3-6,9,12-18H2,1-2H3/b8-7+,11-10+. The SMILES string of the molecule is CCCCC/C=C/C/C=C/CCCCCCC[N]C. The van der Waals surface area contributed by atoms with Crippen LogP contribution in [0.4, 0.5) is 0 Å².